The highest BCUT2D eigenvalue weighted by Crippen LogP contribution is 2.70. The van der Waals surface area contributed by atoms with Gasteiger partial charge in [-0.3, -0.25) is 9.59 Å². The molecule has 0 saturated heterocycles. The number of hydrogen-bond donors (Lipinski definition) is 1. The first-order valence-electron chi connectivity index (χ1n) is 10.8. The van der Waals surface area contributed by atoms with Gasteiger partial charge in [0.15, 0.2) is 12.0 Å². The third-order valence-corrected chi connectivity index (χ3v) is 8.04. The highest BCUT2D eigenvalue weighted by atomic mass is 16.5. The second-order valence-electron chi connectivity index (χ2n) is 9.93. The van der Waals surface area contributed by atoms with Crippen LogP contribution >= 0.6 is 0 Å². The van der Waals surface area contributed by atoms with Crippen molar-refractivity contribution < 1.29 is 14.3 Å². The summed E-state index contributed by atoms with van der Waals surface area (Å²) in [5.74, 6) is 1.04. The normalized spacial score (nSPS) is 37.1. The SMILES string of the molecule is N#CC1(C#N)C(c2ccc(OCC(N)=O)cc2)[C@H]1C(=O)C12CC3CC(CC(C3)C1)C2. The molecule has 1 aromatic rings. The second kappa shape index (κ2) is 6.57. The monoisotopic (exact) mass is 403 g/mol. The number of amides is 1. The number of carbonyl (C=O) groups excluding carboxylic acids is 2. The quantitative estimate of drug-likeness (QED) is 0.783. The molecular formula is C24H25N3O3. The van der Waals surface area contributed by atoms with Crippen LogP contribution in [-0.4, -0.2) is 18.3 Å². The van der Waals surface area contributed by atoms with Crippen molar-refractivity contribution in [2.75, 3.05) is 6.61 Å². The number of ketones is 1. The van der Waals surface area contributed by atoms with Gasteiger partial charge in [0.25, 0.3) is 5.91 Å². The molecule has 6 heteroatoms. The first-order chi connectivity index (χ1) is 14.4. The summed E-state index contributed by atoms with van der Waals surface area (Å²) in [6, 6.07) is 11.4. The number of nitrogens with two attached hydrogens (primary N) is 1. The molecule has 0 aromatic heterocycles. The van der Waals surface area contributed by atoms with Gasteiger partial charge in [-0.15, -0.1) is 0 Å². The fraction of sp³-hybridized carbons (Fsp3) is 0.583. The molecular weight excluding hydrogens is 378 g/mol. The van der Waals surface area contributed by atoms with E-state index in [0.29, 0.717) is 23.5 Å². The van der Waals surface area contributed by atoms with E-state index in [4.69, 9.17) is 10.5 Å². The van der Waals surface area contributed by atoms with Gasteiger partial charge >= 0.3 is 0 Å². The Labute approximate surface area is 176 Å². The predicted molar refractivity (Wildman–Crippen MR) is 107 cm³/mol. The number of ether oxygens (including phenoxy) is 1. The molecule has 0 spiro atoms. The van der Waals surface area contributed by atoms with Crippen LogP contribution in [0, 0.1) is 57.2 Å². The zero-order chi connectivity index (χ0) is 21.1. The lowest BCUT2D eigenvalue weighted by Crippen LogP contribution is -2.50. The van der Waals surface area contributed by atoms with Crippen LogP contribution in [-0.2, 0) is 9.59 Å². The molecule has 1 aromatic carbocycles. The number of nitrogens with zero attached hydrogens (tertiary/aromatic N) is 2. The maximum atomic E-state index is 13.8. The van der Waals surface area contributed by atoms with Crippen molar-refractivity contribution in [1.82, 2.24) is 0 Å². The van der Waals surface area contributed by atoms with Gasteiger partial charge in [0.05, 0.1) is 18.1 Å². The van der Waals surface area contributed by atoms with E-state index < -0.39 is 23.2 Å². The highest BCUT2D eigenvalue weighted by molar-refractivity contribution is 5.94. The lowest BCUT2D eigenvalue weighted by Gasteiger charge is -2.56. The zero-order valence-electron chi connectivity index (χ0n) is 16.8. The topological polar surface area (TPSA) is 117 Å². The molecule has 154 valence electrons. The maximum Gasteiger partial charge on any atom is 0.255 e. The van der Waals surface area contributed by atoms with E-state index in [2.05, 4.69) is 12.1 Å². The fourth-order valence-electron chi connectivity index (χ4n) is 7.17. The van der Waals surface area contributed by atoms with E-state index in [0.717, 1.165) is 24.8 Å². The molecule has 0 radical (unpaired) electrons. The predicted octanol–water partition coefficient (Wildman–Crippen LogP) is 3.08. The molecule has 6 nitrogen and oxygen atoms in total. The summed E-state index contributed by atoms with van der Waals surface area (Å²) in [5, 5.41) is 19.8. The molecule has 0 heterocycles. The lowest BCUT2D eigenvalue weighted by molar-refractivity contribution is -0.145. The van der Waals surface area contributed by atoms with Crippen LogP contribution in [0.4, 0.5) is 0 Å². The Morgan fingerprint density at radius 1 is 1.00 bits per heavy atom. The second-order valence-corrected chi connectivity index (χ2v) is 9.93. The van der Waals surface area contributed by atoms with Gasteiger partial charge in [0, 0.05) is 11.3 Å². The summed E-state index contributed by atoms with van der Waals surface area (Å²) < 4.78 is 5.29. The van der Waals surface area contributed by atoms with Gasteiger partial charge in [0.2, 0.25) is 0 Å². The molecule has 2 atom stereocenters. The standard InChI is InChI=1S/C24H25N3O3/c25-12-24(13-26)20(17-1-3-18(4-2-17)30-11-19(27)28)21(24)22(29)23-8-14-5-15(9-23)7-16(6-14)10-23/h1-4,14-16,20-21H,5-11H2,(H2,27,28)/t14?,15?,16?,20?,21-,23?/m0/s1. The minimum absolute atomic E-state index is 0.156. The summed E-state index contributed by atoms with van der Waals surface area (Å²) in [7, 11) is 0. The average Bonchev–Trinajstić information content (AvgIpc) is 3.40. The van der Waals surface area contributed by atoms with Crippen LogP contribution in [0.2, 0.25) is 0 Å². The van der Waals surface area contributed by atoms with Gasteiger partial charge in [-0.05, 0) is 74.0 Å². The zero-order valence-corrected chi connectivity index (χ0v) is 16.8. The Morgan fingerprint density at radius 2 is 1.53 bits per heavy atom. The van der Waals surface area contributed by atoms with E-state index in [1.165, 1.54) is 19.3 Å². The van der Waals surface area contributed by atoms with Gasteiger partial charge in [0.1, 0.15) is 11.5 Å². The van der Waals surface area contributed by atoms with E-state index in [1.54, 1.807) is 24.3 Å². The van der Waals surface area contributed by atoms with Crippen molar-refractivity contribution in [1.29, 1.82) is 10.5 Å². The Bertz CT molecular complexity index is 935. The van der Waals surface area contributed by atoms with Gasteiger partial charge in [-0.2, -0.15) is 10.5 Å². The Kier molecular flexibility index (Phi) is 4.19. The number of benzene rings is 1. The van der Waals surface area contributed by atoms with Crippen LogP contribution in [0.5, 0.6) is 5.75 Å². The van der Waals surface area contributed by atoms with Crippen LogP contribution in [0.1, 0.15) is 50.0 Å². The third kappa shape index (κ3) is 2.74. The summed E-state index contributed by atoms with van der Waals surface area (Å²) in [4.78, 5) is 24.7. The molecule has 0 aliphatic heterocycles. The Morgan fingerprint density at radius 3 is 2.00 bits per heavy atom. The van der Waals surface area contributed by atoms with E-state index in [9.17, 15) is 20.1 Å². The van der Waals surface area contributed by atoms with Crippen LogP contribution in [0.15, 0.2) is 24.3 Å². The number of nitriles is 2. The number of rotatable bonds is 6. The molecule has 5 aliphatic carbocycles. The van der Waals surface area contributed by atoms with Crippen molar-refractivity contribution in [3.8, 4) is 17.9 Å². The van der Waals surface area contributed by atoms with Crippen molar-refractivity contribution in [2.45, 2.75) is 44.4 Å². The van der Waals surface area contributed by atoms with Gasteiger partial charge < -0.3 is 10.5 Å². The maximum absolute atomic E-state index is 13.8. The Hall–Kier alpha value is -2.86. The number of carbonyl (C=O) groups is 2. The van der Waals surface area contributed by atoms with E-state index in [-0.39, 0.29) is 17.8 Å². The molecule has 4 bridgehead atoms. The Balaban J connectivity index is 1.41. The summed E-state index contributed by atoms with van der Waals surface area (Å²) >= 11 is 0. The summed E-state index contributed by atoms with van der Waals surface area (Å²) in [5.41, 5.74) is 4.30. The van der Waals surface area contributed by atoms with Gasteiger partial charge in [-0.25, -0.2) is 0 Å². The minimum atomic E-state index is -1.28. The van der Waals surface area contributed by atoms with Crippen molar-refractivity contribution in [3.63, 3.8) is 0 Å². The first-order valence-corrected chi connectivity index (χ1v) is 10.8. The van der Waals surface area contributed by atoms with Crippen molar-refractivity contribution >= 4 is 11.7 Å². The molecule has 6 rings (SSSR count). The average molecular weight is 403 g/mol. The van der Waals surface area contributed by atoms with Gasteiger partial charge in [-0.1, -0.05) is 12.1 Å². The summed E-state index contributed by atoms with van der Waals surface area (Å²) in [6.45, 7) is -0.212. The molecule has 5 saturated carbocycles. The fourth-order valence-corrected chi connectivity index (χ4v) is 7.17. The highest BCUT2D eigenvalue weighted by Gasteiger charge is 2.73. The van der Waals surface area contributed by atoms with E-state index >= 15 is 0 Å². The number of Topliss-reactive ketones (excluding diaryl/α,β-unsaturated/α-hetero) is 1. The summed E-state index contributed by atoms with van der Waals surface area (Å²) in [6.07, 6.45) is 6.55. The first kappa shape index (κ1) is 19.1. The van der Waals surface area contributed by atoms with Crippen LogP contribution in [0.3, 0.4) is 0 Å². The molecule has 5 fully saturated rings. The molecule has 1 amide bonds. The smallest absolute Gasteiger partial charge is 0.255 e. The number of primary amides is 1. The third-order valence-electron chi connectivity index (χ3n) is 8.04. The molecule has 5 aliphatic rings. The minimum Gasteiger partial charge on any atom is -0.484 e. The van der Waals surface area contributed by atoms with E-state index in [1.807, 2.05) is 0 Å². The lowest BCUT2D eigenvalue weighted by atomic mass is 9.48. The molecule has 30 heavy (non-hydrogen) atoms. The van der Waals surface area contributed by atoms with Crippen LogP contribution < -0.4 is 10.5 Å². The van der Waals surface area contributed by atoms with Crippen LogP contribution in [0.25, 0.3) is 0 Å². The largest absolute Gasteiger partial charge is 0.484 e. The molecule has 2 N–H and O–H groups in total. The molecule has 1 unspecified atom stereocenters. The van der Waals surface area contributed by atoms with Crippen molar-refractivity contribution in [3.05, 3.63) is 29.8 Å². The number of hydrogen-bond acceptors (Lipinski definition) is 5. The van der Waals surface area contributed by atoms with Crippen molar-refractivity contribution in [2.24, 2.45) is 40.2 Å².